The van der Waals surface area contributed by atoms with Crippen molar-refractivity contribution in [3.05, 3.63) is 84.2 Å². The van der Waals surface area contributed by atoms with Gasteiger partial charge < -0.3 is 29.5 Å². The number of phenols is 1. The molecule has 0 saturated carbocycles. The number of benzene rings is 2. The topological polar surface area (TPSA) is 166 Å². The first-order chi connectivity index (χ1) is 30.0. The predicted octanol–water partition coefficient (Wildman–Crippen LogP) is 5.57. The number of carbonyl (C=O) groups is 5. The van der Waals surface area contributed by atoms with Crippen molar-refractivity contribution in [3.63, 3.8) is 0 Å². The van der Waals surface area contributed by atoms with E-state index in [-0.39, 0.29) is 49.6 Å². The monoisotopic (exact) mass is 859 g/mol. The highest BCUT2D eigenvalue weighted by molar-refractivity contribution is 5.96. The van der Waals surface area contributed by atoms with Crippen LogP contribution < -0.4 is 10.7 Å². The van der Waals surface area contributed by atoms with E-state index in [1.54, 1.807) is 30.3 Å². The average molecular weight is 860 g/mol. The number of carbonyl (C=O) groups excluding carboxylic acids is 5. The van der Waals surface area contributed by atoms with Crippen LogP contribution in [0, 0.1) is 24.2 Å². The molecule has 2 aromatic heterocycles. The molecular weight excluding hydrogens is 799 g/mol. The first-order valence-corrected chi connectivity index (χ1v) is 22.1. The fourth-order valence-corrected chi connectivity index (χ4v) is 9.62. The van der Waals surface area contributed by atoms with Gasteiger partial charge in [0.15, 0.2) is 0 Å². The summed E-state index contributed by atoms with van der Waals surface area (Å²) in [5.74, 6) is -2.80. The van der Waals surface area contributed by atoms with E-state index in [9.17, 15) is 29.1 Å². The van der Waals surface area contributed by atoms with E-state index in [4.69, 9.17) is 4.74 Å². The number of ether oxygens (including phenoxy) is 1. The lowest BCUT2D eigenvalue weighted by Crippen LogP contribution is -2.62. The first-order valence-electron chi connectivity index (χ1n) is 22.1. The van der Waals surface area contributed by atoms with Crippen molar-refractivity contribution in [2.45, 2.75) is 98.3 Å². The molecule has 1 unspecified atom stereocenters. The lowest BCUT2D eigenvalue weighted by atomic mass is 9.84. The molecule has 334 valence electrons. The van der Waals surface area contributed by atoms with Crippen LogP contribution in [0.3, 0.4) is 0 Å². The van der Waals surface area contributed by atoms with Crippen LogP contribution in [-0.2, 0) is 48.1 Å². The van der Waals surface area contributed by atoms with Crippen LogP contribution in [0.25, 0.3) is 33.3 Å². The first kappa shape index (κ1) is 45.0. The second-order valence-corrected chi connectivity index (χ2v) is 18.5. The van der Waals surface area contributed by atoms with Gasteiger partial charge in [-0.1, -0.05) is 46.4 Å². The van der Waals surface area contributed by atoms with Crippen molar-refractivity contribution in [3.8, 4) is 28.1 Å². The number of nitrogens with zero attached hydrogens (tertiary/aromatic N) is 5. The molecule has 4 amide bonds. The summed E-state index contributed by atoms with van der Waals surface area (Å²) in [5, 5.41) is 16.7. The van der Waals surface area contributed by atoms with Crippen molar-refractivity contribution >= 4 is 40.5 Å². The number of aromatic nitrogens is 2. The van der Waals surface area contributed by atoms with E-state index >= 15 is 0 Å². The molecule has 4 aromatic rings. The van der Waals surface area contributed by atoms with Crippen molar-refractivity contribution < 1.29 is 33.8 Å². The number of nitrogens with one attached hydrogen (secondary N) is 2. The largest absolute Gasteiger partial charge is 0.508 e. The Morgan fingerprint density at radius 2 is 1.87 bits per heavy atom. The van der Waals surface area contributed by atoms with Gasteiger partial charge in [-0.2, -0.15) is 0 Å². The average Bonchev–Trinajstić information content (AvgIpc) is 3.87. The third-order valence-corrected chi connectivity index (χ3v) is 12.8. The summed E-state index contributed by atoms with van der Waals surface area (Å²) in [6, 6.07) is 10.6. The van der Waals surface area contributed by atoms with Gasteiger partial charge in [0.2, 0.25) is 17.7 Å². The zero-order chi connectivity index (χ0) is 45.3. The number of pyridine rings is 1. The number of hydrogen-bond acceptors (Lipinski definition) is 9. The van der Waals surface area contributed by atoms with Crippen LogP contribution in [0.4, 0.5) is 0 Å². The molecule has 0 radical (unpaired) electrons. The van der Waals surface area contributed by atoms with Crippen molar-refractivity contribution in [1.29, 1.82) is 0 Å². The molecule has 3 aliphatic rings. The molecule has 0 spiro atoms. The van der Waals surface area contributed by atoms with Crippen LogP contribution in [0.2, 0.25) is 0 Å². The maximum atomic E-state index is 14.7. The number of aromatic hydroxyl groups is 1. The minimum absolute atomic E-state index is 0.00131. The highest BCUT2D eigenvalue weighted by atomic mass is 16.5. The van der Waals surface area contributed by atoms with Crippen LogP contribution >= 0.6 is 0 Å². The molecule has 14 nitrogen and oxygen atoms in total. The van der Waals surface area contributed by atoms with Gasteiger partial charge in [0.1, 0.15) is 23.9 Å². The standard InChI is InChI=1S/C49H61N7O7/c1-9-42(58)54-19-16-33(27-54)46(60)53(8)43(29(3)4)45(59)51-40-22-31-20-34(23-35(57)21-31)32-13-14-41-36(24-32)37(44(55(41)10-2)38-26-50-17-15-30(38)5)25-49(6,7)28-63-48(62)39-12-11-18-56(52-39)47(40)61/h9,13-15,17,20-21,23-24,26,29,33,39-40,43,52,57H,1,10-12,16,18-19,22,25,27-28H2,2-8H3,(H,51,59)/t33-,39-,40?,43-/m0/s1. The Hall–Kier alpha value is -6.02. The van der Waals surface area contributed by atoms with Crippen LogP contribution in [0.15, 0.2) is 67.5 Å². The number of rotatable bonds is 8. The highest BCUT2D eigenvalue weighted by Gasteiger charge is 2.40. The number of cyclic esters (lactones) is 1. The summed E-state index contributed by atoms with van der Waals surface area (Å²) in [6.45, 7) is 17.4. The van der Waals surface area contributed by atoms with Gasteiger partial charge >= 0.3 is 5.97 Å². The number of esters is 1. The predicted molar refractivity (Wildman–Crippen MR) is 241 cm³/mol. The zero-order valence-electron chi connectivity index (χ0n) is 37.6. The molecular formula is C49H61N7O7. The van der Waals surface area contributed by atoms with E-state index in [2.05, 4.69) is 66.7 Å². The molecule has 3 N–H and O–H groups in total. The Bertz CT molecular complexity index is 2440. The number of hydrogen-bond donors (Lipinski definition) is 3. The van der Waals surface area contributed by atoms with Crippen LogP contribution in [-0.4, -0.2) is 110 Å². The normalized spacial score (nSPS) is 20.9. The summed E-state index contributed by atoms with van der Waals surface area (Å²) in [5.41, 5.74) is 10.1. The molecule has 2 aromatic carbocycles. The smallest absolute Gasteiger partial charge is 0.324 e. The van der Waals surface area contributed by atoms with E-state index < -0.39 is 47.2 Å². The summed E-state index contributed by atoms with van der Waals surface area (Å²) in [6.07, 6.45) is 6.93. The molecule has 14 heteroatoms. The molecule has 3 aliphatic heterocycles. The van der Waals surface area contributed by atoms with Crippen molar-refractivity contribution in [2.75, 3.05) is 33.3 Å². The number of likely N-dealkylation sites (tertiary alicyclic amines) is 1. The van der Waals surface area contributed by atoms with Gasteiger partial charge in [-0.3, -0.25) is 34.0 Å². The lowest BCUT2D eigenvalue weighted by molar-refractivity contribution is -0.155. The van der Waals surface area contributed by atoms with Gasteiger partial charge in [0, 0.05) is 73.9 Å². The van der Waals surface area contributed by atoms with E-state index in [1.807, 2.05) is 38.2 Å². The van der Waals surface area contributed by atoms with Gasteiger partial charge in [0.25, 0.3) is 5.91 Å². The number of likely N-dealkylation sites (N-methyl/N-ethyl adjacent to an activating group) is 1. The Labute approximate surface area is 369 Å². The Morgan fingerprint density at radius 1 is 1.10 bits per heavy atom. The van der Waals surface area contributed by atoms with Crippen molar-refractivity contribution in [2.24, 2.45) is 17.3 Å². The fraction of sp³-hybridized carbons (Fsp3) is 0.469. The minimum Gasteiger partial charge on any atom is -0.508 e. The Balaban J connectivity index is 1.29. The minimum atomic E-state index is -1.15. The fourth-order valence-electron chi connectivity index (χ4n) is 9.62. The van der Waals surface area contributed by atoms with Gasteiger partial charge in [-0.25, -0.2) is 5.43 Å². The maximum Gasteiger partial charge on any atom is 0.324 e. The van der Waals surface area contributed by atoms with Gasteiger partial charge in [0.05, 0.1) is 18.2 Å². The number of aryl methyl sites for hydroxylation is 2. The summed E-state index contributed by atoms with van der Waals surface area (Å²) in [4.78, 5) is 76.6. The lowest BCUT2D eigenvalue weighted by Gasteiger charge is -2.37. The number of hydrazine groups is 1. The molecule has 2 saturated heterocycles. The molecule has 5 heterocycles. The third kappa shape index (κ3) is 9.36. The second-order valence-electron chi connectivity index (χ2n) is 18.5. The van der Waals surface area contributed by atoms with Gasteiger partial charge in [-0.05, 0) is 110 Å². The summed E-state index contributed by atoms with van der Waals surface area (Å²) >= 11 is 0. The molecule has 2 fully saturated rings. The SMILES string of the molecule is C=CC(=O)N1CC[C@H](C(=O)N(C)[C@H](C(=O)NC2Cc3cc(O)cc(c3)-c3ccc4c(c3)c(c(-c3cnccc3C)n4CC)CC(C)(C)COC(=O)[C@@H]3CCCN(N3)C2=O)C(C)C)C1. The summed E-state index contributed by atoms with van der Waals surface area (Å²) < 4.78 is 8.37. The highest BCUT2D eigenvalue weighted by Crippen LogP contribution is 2.41. The van der Waals surface area contributed by atoms with E-state index in [0.29, 0.717) is 44.3 Å². The van der Waals surface area contributed by atoms with Crippen LogP contribution in [0.1, 0.15) is 70.6 Å². The quantitative estimate of drug-likeness (QED) is 0.152. The zero-order valence-corrected chi connectivity index (χ0v) is 37.6. The van der Waals surface area contributed by atoms with E-state index in [0.717, 1.165) is 44.4 Å². The molecule has 6 bridgehead atoms. The Morgan fingerprint density at radius 3 is 2.59 bits per heavy atom. The summed E-state index contributed by atoms with van der Waals surface area (Å²) in [7, 11) is 1.58. The van der Waals surface area contributed by atoms with Crippen molar-refractivity contribution in [1.82, 2.24) is 35.1 Å². The third-order valence-electron chi connectivity index (χ3n) is 12.8. The molecule has 7 rings (SSSR count). The molecule has 63 heavy (non-hydrogen) atoms. The van der Waals surface area contributed by atoms with E-state index in [1.165, 1.54) is 16.0 Å². The Kier molecular flexibility index (Phi) is 13.1. The second kappa shape index (κ2) is 18.4. The number of phenolic OH excluding ortho intramolecular Hbond substituents is 1. The number of fused-ring (bicyclic) bond motifs is 6. The molecule has 0 aliphatic carbocycles. The van der Waals surface area contributed by atoms with Gasteiger partial charge in [-0.15, -0.1) is 0 Å². The molecule has 4 atom stereocenters. The number of amides is 4. The maximum absolute atomic E-state index is 14.7. The van der Waals surface area contributed by atoms with Crippen LogP contribution in [0.5, 0.6) is 5.75 Å².